The molecule has 0 radical (unpaired) electrons. The van der Waals surface area contributed by atoms with Crippen molar-refractivity contribution in [2.75, 3.05) is 11.5 Å². The molecule has 0 aromatic carbocycles. The maximum absolute atomic E-state index is 4.30. The first-order chi connectivity index (χ1) is 5.28. The highest BCUT2D eigenvalue weighted by molar-refractivity contribution is 8.01. The standard InChI is InChI=1S/C8H18S3/c1-3-7(5-9)11-8(4-2)6-10/h7-10H,3-6H2,1-2H3. The Hall–Kier alpha value is 1.05. The molecule has 0 N–H and O–H groups in total. The Morgan fingerprint density at radius 1 is 1.00 bits per heavy atom. The molecule has 0 aliphatic heterocycles. The van der Waals surface area contributed by atoms with E-state index in [0.29, 0.717) is 0 Å². The van der Waals surface area contributed by atoms with Crippen LogP contribution in [0.4, 0.5) is 0 Å². The highest BCUT2D eigenvalue weighted by atomic mass is 32.2. The fourth-order valence-electron chi connectivity index (χ4n) is 0.809. The average Bonchev–Trinajstić information content (AvgIpc) is 2.07. The highest BCUT2D eigenvalue weighted by Crippen LogP contribution is 2.24. The van der Waals surface area contributed by atoms with Crippen LogP contribution in [0.5, 0.6) is 0 Å². The molecule has 0 heterocycles. The van der Waals surface area contributed by atoms with E-state index < -0.39 is 0 Å². The maximum atomic E-state index is 4.30. The summed E-state index contributed by atoms with van der Waals surface area (Å²) < 4.78 is 0. The summed E-state index contributed by atoms with van der Waals surface area (Å²) >= 11 is 10.6. The molecule has 0 aliphatic rings. The first-order valence-corrected chi connectivity index (χ1v) is 6.36. The smallest absolute Gasteiger partial charge is 0.0136 e. The molecule has 0 aromatic heterocycles. The summed E-state index contributed by atoms with van der Waals surface area (Å²) in [6.45, 7) is 4.44. The minimum atomic E-state index is 0.718. The summed E-state index contributed by atoms with van der Waals surface area (Å²) in [7, 11) is 0. The van der Waals surface area contributed by atoms with Crippen molar-refractivity contribution < 1.29 is 0 Å². The molecule has 0 bridgehead atoms. The van der Waals surface area contributed by atoms with E-state index in [0.717, 1.165) is 22.0 Å². The number of thiol groups is 2. The lowest BCUT2D eigenvalue weighted by Crippen LogP contribution is -2.12. The lowest BCUT2D eigenvalue weighted by Gasteiger charge is -2.17. The predicted molar refractivity (Wildman–Crippen MR) is 63.5 cm³/mol. The SMILES string of the molecule is CCC(CS)SC(CC)CS. The number of hydrogen-bond acceptors (Lipinski definition) is 3. The molecule has 2 atom stereocenters. The van der Waals surface area contributed by atoms with Crippen LogP contribution < -0.4 is 0 Å². The first-order valence-electron chi connectivity index (χ1n) is 4.15. The van der Waals surface area contributed by atoms with Crippen molar-refractivity contribution >= 4 is 37.0 Å². The van der Waals surface area contributed by atoms with Crippen LogP contribution in [-0.4, -0.2) is 22.0 Å². The van der Waals surface area contributed by atoms with E-state index in [9.17, 15) is 0 Å². The second-order valence-electron chi connectivity index (χ2n) is 2.56. The van der Waals surface area contributed by atoms with Crippen molar-refractivity contribution in [3.8, 4) is 0 Å². The summed E-state index contributed by atoms with van der Waals surface area (Å²) in [4.78, 5) is 0. The van der Waals surface area contributed by atoms with Gasteiger partial charge in [-0.05, 0) is 12.8 Å². The zero-order valence-corrected chi connectivity index (χ0v) is 9.89. The van der Waals surface area contributed by atoms with Gasteiger partial charge in [0.1, 0.15) is 0 Å². The van der Waals surface area contributed by atoms with Gasteiger partial charge in [-0.1, -0.05) is 13.8 Å². The van der Waals surface area contributed by atoms with Crippen molar-refractivity contribution in [2.24, 2.45) is 0 Å². The molecule has 0 nitrogen and oxygen atoms in total. The predicted octanol–water partition coefficient (Wildman–Crippen LogP) is 3.14. The van der Waals surface area contributed by atoms with E-state index in [2.05, 4.69) is 39.1 Å². The average molecular weight is 210 g/mol. The van der Waals surface area contributed by atoms with Gasteiger partial charge in [0.15, 0.2) is 0 Å². The van der Waals surface area contributed by atoms with Gasteiger partial charge in [0.25, 0.3) is 0 Å². The van der Waals surface area contributed by atoms with Gasteiger partial charge in [0, 0.05) is 22.0 Å². The minimum absolute atomic E-state index is 0.718. The van der Waals surface area contributed by atoms with Crippen LogP contribution in [0.2, 0.25) is 0 Å². The summed E-state index contributed by atoms with van der Waals surface area (Å²) in [6.07, 6.45) is 2.44. The number of thioether (sulfide) groups is 1. The van der Waals surface area contributed by atoms with Gasteiger partial charge in [0.05, 0.1) is 0 Å². The fourth-order valence-corrected chi connectivity index (χ4v) is 2.94. The molecule has 68 valence electrons. The van der Waals surface area contributed by atoms with Crippen LogP contribution in [0.1, 0.15) is 26.7 Å². The largest absolute Gasteiger partial charge is 0.178 e. The van der Waals surface area contributed by atoms with Crippen LogP contribution >= 0.6 is 37.0 Å². The highest BCUT2D eigenvalue weighted by Gasteiger charge is 2.11. The summed E-state index contributed by atoms with van der Waals surface area (Å²) in [5, 5.41) is 1.44. The molecule has 0 aliphatic carbocycles. The van der Waals surface area contributed by atoms with Crippen molar-refractivity contribution in [3.05, 3.63) is 0 Å². The first kappa shape index (κ1) is 12.0. The van der Waals surface area contributed by atoms with Crippen molar-refractivity contribution in [1.82, 2.24) is 0 Å². The van der Waals surface area contributed by atoms with E-state index in [1.807, 2.05) is 11.8 Å². The van der Waals surface area contributed by atoms with Crippen LogP contribution in [0, 0.1) is 0 Å². The normalized spacial score (nSPS) is 16.4. The number of hydrogen-bond donors (Lipinski definition) is 2. The Balaban J connectivity index is 3.58. The van der Waals surface area contributed by atoms with Gasteiger partial charge in [-0.15, -0.1) is 0 Å². The molecular formula is C8H18S3. The summed E-state index contributed by atoms with van der Waals surface area (Å²) in [5.41, 5.74) is 0. The fraction of sp³-hybridized carbons (Fsp3) is 1.00. The van der Waals surface area contributed by atoms with Crippen molar-refractivity contribution in [3.63, 3.8) is 0 Å². The lowest BCUT2D eigenvalue weighted by atomic mass is 10.4. The van der Waals surface area contributed by atoms with Crippen LogP contribution in [0.15, 0.2) is 0 Å². The molecule has 0 amide bonds. The molecule has 0 spiro atoms. The molecule has 0 aromatic rings. The van der Waals surface area contributed by atoms with Crippen LogP contribution in [0.25, 0.3) is 0 Å². The third-order valence-corrected chi connectivity index (χ3v) is 4.85. The van der Waals surface area contributed by atoms with Crippen molar-refractivity contribution in [2.45, 2.75) is 37.2 Å². The van der Waals surface area contributed by atoms with Crippen molar-refractivity contribution in [1.29, 1.82) is 0 Å². The Morgan fingerprint density at radius 3 is 1.55 bits per heavy atom. The van der Waals surface area contributed by atoms with E-state index >= 15 is 0 Å². The molecule has 2 unspecified atom stereocenters. The van der Waals surface area contributed by atoms with Gasteiger partial charge >= 0.3 is 0 Å². The van der Waals surface area contributed by atoms with Crippen LogP contribution in [-0.2, 0) is 0 Å². The van der Waals surface area contributed by atoms with Gasteiger partial charge < -0.3 is 0 Å². The zero-order chi connectivity index (χ0) is 8.69. The third-order valence-electron chi connectivity index (χ3n) is 1.70. The Morgan fingerprint density at radius 2 is 1.36 bits per heavy atom. The van der Waals surface area contributed by atoms with Gasteiger partial charge in [-0.3, -0.25) is 0 Å². The lowest BCUT2D eigenvalue weighted by molar-refractivity contribution is 0.873. The minimum Gasteiger partial charge on any atom is -0.178 e. The monoisotopic (exact) mass is 210 g/mol. The maximum Gasteiger partial charge on any atom is 0.0136 e. The van der Waals surface area contributed by atoms with E-state index in [1.54, 1.807) is 0 Å². The Labute approximate surface area is 85.7 Å². The Bertz CT molecular complexity index is 67.4. The second-order valence-corrected chi connectivity index (χ2v) is 4.90. The molecule has 0 rings (SSSR count). The molecule has 11 heavy (non-hydrogen) atoms. The summed E-state index contributed by atoms with van der Waals surface area (Å²) in [6, 6.07) is 0. The molecular weight excluding hydrogens is 192 g/mol. The topological polar surface area (TPSA) is 0 Å². The van der Waals surface area contributed by atoms with Gasteiger partial charge in [0.2, 0.25) is 0 Å². The van der Waals surface area contributed by atoms with Gasteiger partial charge in [-0.25, -0.2) is 0 Å². The molecule has 0 fully saturated rings. The quantitative estimate of drug-likeness (QED) is 0.635. The van der Waals surface area contributed by atoms with Gasteiger partial charge in [-0.2, -0.15) is 37.0 Å². The third kappa shape index (κ3) is 5.31. The molecule has 0 saturated heterocycles. The Kier molecular flexibility index (Phi) is 8.42. The van der Waals surface area contributed by atoms with E-state index in [4.69, 9.17) is 0 Å². The summed E-state index contributed by atoms with van der Waals surface area (Å²) in [5.74, 6) is 1.98. The van der Waals surface area contributed by atoms with E-state index in [-0.39, 0.29) is 0 Å². The molecule has 3 heteroatoms. The second kappa shape index (κ2) is 7.69. The van der Waals surface area contributed by atoms with Crippen LogP contribution in [0.3, 0.4) is 0 Å². The molecule has 0 saturated carbocycles. The van der Waals surface area contributed by atoms with E-state index in [1.165, 1.54) is 12.8 Å². The zero-order valence-electron chi connectivity index (χ0n) is 7.29. The number of rotatable bonds is 6.